The van der Waals surface area contributed by atoms with Gasteiger partial charge in [-0.1, -0.05) is 24.3 Å². The molecule has 174 valence electrons. The first kappa shape index (κ1) is 22.7. The monoisotopic (exact) mass is 453 g/mol. The summed E-state index contributed by atoms with van der Waals surface area (Å²) in [5.41, 5.74) is 1.49. The van der Waals surface area contributed by atoms with Gasteiger partial charge in [0.15, 0.2) is 17.1 Å². The van der Waals surface area contributed by atoms with Crippen LogP contribution in [0.5, 0.6) is 11.5 Å². The van der Waals surface area contributed by atoms with Crippen molar-refractivity contribution in [3.8, 4) is 22.9 Å². The normalized spacial score (nSPS) is 15.7. The minimum Gasteiger partial charge on any atom is -0.493 e. The molecule has 0 amide bonds. The quantitative estimate of drug-likeness (QED) is 0.493. The Morgan fingerprint density at radius 3 is 2.64 bits per heavy atom. The summed E-state index contributed by atoms with van der Waals surface area (Å²) in [6, 6.07) is 13.6. The minimum absolute atomic E-state index is 0.348. The third kappa shape index (κ3) is 5.29. The lowest BCUT2D eigenvalue weighted by atomic mass is 9.91. The number of carbonyl (C=O) groups excluding carboxylic acids is 1. The number of aromatic nitrogens is 4. The Morgan fingerprint density at radius 1 is 1.12 bits per heavy atom. The van der Waals surface area contributed by atoms with E-state index in [2.05, 4.69) is 25.5 Å². The molecule has 10 nitrogen and oxygen atoms in total. The summed E-state index contributed by atoms with van der Waals surface area (Å²) in [4.78, 5) is 14.0. The molecule has 2 N–H and O–H groups in total. The van der Waals surface area contributed by atoms with E-state index in [0.29, 0.717) is 56.4 Å². The summed E-state index contributed by atoms with van der Waals surface area (Å²) in [5.74, 6) is 1.25. The molecule has 1 aliphatic heterocycles. The van der Waals surface area contributed by atoms with Crippen molar-refractivity contribution < 1.29 is 24.1 Å². The SMILES string of the molecule is COC(=O)C1(O)CCN(Cc2ccc(OCc3cccc(-c4nn[nH]n4)c3)c(OC)c2)CC1. The summed E-state index contributed by atoms with van der Waals surface area (Å²) in [6.07, 6.45) is 0.696. The van der Waals surface area contributed by atoms with Crippen molar-refractivity contribution in [1.29, 1.82) is 0 Å². The van der Waals surface area contributed by atoms with Gasteiger partial charge in [-0.3, -0.25) is 4.90 Å². The highest BCUT2D eigenvalue weighted by Gasteiger charge is 2.40. The molecule has 0 aliphatic carbocycles. The molecule has 0 atom stereocenters. The highest BCUT2D eigenvalue weighted by molar-refractivity contribution is 5.79. The fourth-order valence-electron chi connectivity index (χ4n) is 3.91. The molecule has 1 aliphatic rings. The molecule has 1 saturated heterocycles. The minimum atomic E-state index is -1.39. The molecule has 4 rings (SSSR count). The van der Waals surface area contributed by atoms with E-state index in [0.717, 1.165) is 16.7 Å². The van der Waals surface area contributed by atoms with Crippen LogP contribution in [-0.2, 0) is 22.7 Å². The van der Waals surface area contributed by atoms with Crippen LogP contribution in [0.2, 0.25) is 0 Å². The number of likely N-dealkylation sites (tertiary alicyclic amines) is 1. The Kier molecular flexibility index (Phi) is 6.85. The predicted molar refractivity (Wildman–Crippen MR) is 118 cm³/mol. The number of esters is 1. The number of methoxy groups -OCH3 is 2. The molecule has 0 unspecified atom stereocenters. The first-order chi connectivity index (χ1) is 16.0. The summed E-state index contributed by atoms with van der Waals surface area (Å²) in [6.45, 7) is 2.24. The first-order valence-electron chi connectivity index (χ1n) is 10.7. The number of piperidine rings is 1. The van der Waals surface area contributed by atoms with Crippen LogP contribution in [0.25, 0.3) is 11.4 Å². The van der Waals surface area contributed by atoms with Crippen LogP contribution in [0.4, 0.5) is 0 Å². The van der Waals surface area contributed by atoms with E-state index < -0.39 is 11.6 Å². The van der Waals surface area contributed by atoms with Crippen LogP contribution < -0.4 is 9.47 Å². The van der Waals surface area contributed by atoms with Crippen molar-refractivity contribution in [2.45, 2.75) is 31.6 Å². The van der Waals surface area contributed by atoms with Crippen molar-refractivity contribution in [2.75, 3.05) is 27.3 Å². The Morgan fingerprint density at radius 2 is 1.94 bits per heavy atom. The maximum absolute atomic E-state index is 11.8. The average Bonchev–Trinajstić information content (AvgIpc) is 3.39. The Hall–Kier alpha value is -3.50. The number of H-pyrrole nitrogens is 1. The summed E-state index contributed by atoms with van der Waals surface area (Å²) >= 11 is 0. The van der Waals surface area contributed by atoms with Gasteiger partial charge in [-0.2, -0.15) is 5.21 Å². The van der Waals surface area contributed by atoms with Crippen LogP contribution in [0.3, 0.4) is 0 Å². The highest BCUT2D eigenvalue weighted by Crippen LogP contribution is 2.31. The van der Waals surface area contributed by atoms with Crippen molar-refractivity contribution in [1.82, 2.24) is 25.5 Å². The molecule has 0 saturated carbocycles. The van der Waals surface area contributed by atoms with Crippen molar-refractivity contribution in [3.63, 3.8) is 0 Å². The van der Waals surface area contributed by atoms with Gasteiger partial charge in [-0.25, -0.2) is 4.79 Å². The van der Waals surface area contributed by atoms with Crippen LogP contribution in [-0.4, -0.2) is 69.5 Å². The van der Waals surface area contributed by atoms with E-state index in [9.17, 15) is 9.90 Å². The van der Waals surface area contributed by atoms with Gasteiger partial charge in [0, 0.05) is 25.2 Å². The summed E-state index contributed by atoms with van der Waals surface area (Å²) < 4.78 is 16.3. The number of nitrogens with zero attached hydrogens (tertiary/aromatic N) is 4. The van der Waals surface area contributed by atoms with Crippen molar-refractivity contribution >= 4 is 5.97 Å². The fraction of sp³-hybridized carbons (Fsp3) is 0.391. The van der Waals surface area contributed by atoms with E-state index in [1.807, 2.05) is 42.5 Å². The number of ether oxygens (including phenoxy) is 3. The lowest BCUT2D eigenvalue weighted by Gasteiger charge is -2.36. The van der Waals surface area contributed by atoms with Crippen LogP contribution in [0, 0.1) is 0 Å². The van der Waals surface area contributed by atoms with Crippen molar-refractivity contribution in [2.24, 2.45) is 0 Å². The van der Waals surface area contributed by atoms with Gasteiger partial charge in [0.05, 0.1) is 14.2 Å². The van der Waals surface area contributed by atoms with Crippen LogP contribution in [0.15, 0.2) is 42.5 Å². The third-order valence-electron chi connectivity index (χ3n) is 5.81. The molecular formula is C23H27N5O5. The first-order valence-corrected chi connectivity index (χ1v) is 10.7. The van der Waals surface area contributed by atoms with Gasteiger partial charge >= 0.3 is 5.97 Å². The maximum atomic E-state index is 11.8. The zero-order chi connectivity index (χ0) is 23.3. The number of hydrogen-bond donors (Lipinski definition) is 2. The Bertz CT molecular complexity index is 1080. The number of rotatable bonds is 8. The average molecular weight is 453 g/mol. The second-order valence-corrected chi connectivity index (χ2v) is 8.01. The number of hydrogen-bond acceptors (Lipinski definition) is 9. The fourth-order valence-corrected chi connectivity index (χ4v) is 3.91. The van der Waals surface area contributed by atoms with Gasteiger partial charge in [0.25, 0.3) is 0 Å². The Labute approximate surface area is 191 Å². The molecule has 33 heavy (non-hydrogen) atoms. The number of nitrogens with one attached hydrogen (secondary N) is 1. The van der Waals surface area contributed by atoms with Gasteiger partial charge < -0.3 is 19.3 Å². The van der Waals surface area contributed by atoms with Gasteiger partial charge in [0.1, 0.15) is 6.61 Å². The Balaban J connectivity index is 1.37. The van der Waals surface area contributed by atoms with E-state index in [4.69, 9.17) is 14.2 Å². The largest absolute Gasteiger partial charge is 0.493 e. The second kappa shape index (κ2) is 9.97. The van der Waals surface area contributed by atoms with Crippen molar-refractivity contribution in [3.05, 3.63) is 53.6 Å². The van der Waals surface area contributed by atoms with E-state index in [-0.39, 0.29) is 0 Å². The summed E-state index contributed by atoms with van der Waals surface area (Å²) in [5, 5.41) is 24.5. The van der Waals surface area contributed by atoms with Crippen LogP contribution in [0.1, 0.15) is 24.0 Å². The lowest BCUT2D eigenvalue weighted by Crippen LogP contribution is -2.49. The van der Waals surface area contributed by atoms with E-state index in [1.165, 1.54) is 7.11 Å². The highest BCUT2D eigenvalue weighted by atomic mass is 16.5. The van der Waals surface area contributed by atoms with E-state index >= 15 is 0 Å². The number of tetrazole rings is 1. The smallest absolute Gasteiger partial charge is 0.337 e. The molecule has 0 radical (unpaired) electrons. The predicted octanol–water partition coefficient (Wildman–Crippen LogP) is 1.95. The molecule has 0 spiro atoms. The molecule has 10 heteroatoms. The summed E-state index contributed by atoms with van der Waals surface area (Å²) in [7, 11) is 2.91. The number of carbonyl (C=O) groups is 1. The van der Waals surface area contributed by atoms with Crippen LogP contribution >= 0.6 is 0 Å². The molecule has 2 heterocycles. The molecular weight excluding hydrogens is 426 g/mol. The third-order valence-corrected chi connectivity index (χ3v) is 5.81. The molecule has 2 aromatic carbocycles. The number of aromatic amines is 1. The second-order valence-electron chi connectivity index (χ2n) is 8.01. The standard InChI is InChI=1S/C23H27N5O5/c1-31-20-13-16(14-28-10-8-23(30,9-11-28)22(29)32-2)6-7-19(20)33-15-17-4-3-5-18(12-17)21-24-26-27-25-21/h3-7,12-13,30H,8-11,14-15H2,1-2H3,(H,24,25,26,27). The molecule has 1 fully saturated rings. The van der Waals surface area contributed by atoms with Gasteiger partial charge in [-0.05, 0) is 47.4 Å². The lowest BCUT2D eigenvalue weighted by molar-refractivity contribution is -0.167. The number of aliphatic hydroxyl groups is 1. The maximum Gasteiger partial charge on any atom is 0.337 e. The molecule has 3 aromatic rings. The van der Waals surface area contributed by atoms with E-state index in [1.54, 1.807) is 7.11 Å². The number of benzene rings is 2. The topological polar surface area (TPSA) is 123 Å². The zero-order valence-electron chi connectivity index (χ0n) is 18.7. The van der Waals surface area contributed by atoms with Gasteiger partial charge in [0.2, 0.25) is 5.82 Å². The van der Waals surface area contributed by atoms with Gasteiger partial charge in [-0.15, -0.1) is 10.2 Å². The zero-order valence-corrected chi connectivity index (χ0v) is 18.7. The molecule has 0 bridgehead atoms. The molecule has 1 aromatic heterocycles.